The molecular formula is C19H18FN3O2. The minimum Gasteiger partial charge on any atom is -0.493 e. The molecular weight excluding hydrogens is 321 g/mol. The van der Waals surface area contributed by atoms with Gasteiger partial charge in [0.2, 0.25) is 0 Å². The molecule has 1 aromatic carbocycles. The number of amides is 1. The lowest BCUT2D eigenvalue weighted by Crippen LogP contribution is -2.41. The number of hydrogen-bond acceptors (Lipinski definition) is 4. The molecule has 1 atom stereocenters. The van der Waals surface area contributed by atoms with E-state index in [2.05, 4.69) is 4.98 Å². The van der Waals surface area contributed by atoms with Crippen LogP contribution < -0.4 is 4.74 Å². The fraction of sp³-hybridized carbons (Fsp3) is 0.316. The highest BCUT2D eigenvalue weighted by molar-refractivity contribution is 5.94. The second kappa shape index (κ2) is 7.75. The first-order chi connectivity index (χ1) is 12.2. The predicted octanol–water partition coefficient (Wildman–Crippen LogP) is 3.02. The van der Waals surface area contributed by atoms with Crippen LogP contribution in [0.15, 0.2) is 42.6 Å². The minimum absolute atomic E-state index is 0.0801. The molecule has 128 valence electrons. The summed E-state index contributed by atoms with van der Waals surface area (Å²) in [6.45, 7) is 1.80. The van der Waals surface area contributed by atoms with Gasteiger partial charge in [-0.25, -0.2) is 9.37 Å². The first-order valence-electron chi connectivity index (χ1n) is 8.19. The molecule has 0 saturated carbocycles. The highest BCUT2D eigenvalue weighted by Crippen LogP contribution is 2.20. The Hall–Kier alpha value is -2.94. The number of piperidine rings is 1. The van der Waals surface area contributed by atoms with Crippen molar-refractivity contribution in [1.29, 1.82) is 5.26 Å². The van der Waals surface area contributed by atoms with Crippen molar-refractivity contribution in [2.75, 3.05) is 19.7 Å². The molecule has 0 N–H and O–H groups in total. The topological polar surface area (TPSA) is 66.2 Å². The predicted molar refractivity (Wildman–Crippen MR) is 89.5 cm³/mol. The Labute approximate surface area is 145 Å². The molecule has 0 radical (unpaired) electrons. The third kappa shape index (κ3) is 4.32. The van der Waals surface area contributed by atoms with Gasteiger partial charge in [0.05, 0.1) is 12.2 Å². The van der Waals surface area contributed by atoms with Crippen molar-refractivity contribution in [3.63, 3.8) is 0 Å². The van der Waals surface area contributed by atoms with Gasteiger partial charge >= 0.3 is 0 Å². The zero-order valence-electron chi connectivity index (χ0n) is 13.7. The number of likely N-dealkylation sites (tertiary alicyclic amines) is 1. The third-order valence-corrected chi connectivity index (χ3v) is 4.23. The number of carbonyl (C=O) groups excluding carboxylic acids is 1. The van der Waals surface area contributed by atoms with Crippen LogP contribution >= 0.6 is 0 Å². The van der Waals surface area contributed by atoms with E-state index in [0.717, 1.165) is 12.8 Å². The maximum atomic E-state index is 12.9. The van der Waals surface area contributed by atoms with Crippen LogP contribution in [0.5, 0.6) is 5.75 Å². The molecule has 1 aliphatic heterocycles. The SMILES string of the molecule is N#Cc1ccc(C(=O)N2CCC[C@H](COc3ccc(F)cc3)C2)cn1. The number of hydrogen-bond donors (Lipinski definition) is 0. The van der Waals surface area contributed by atoms with Crippen LogP contribution in [0.3, 0.4) is 0 Å². The molecule has 1 aliphatic rings. The molecule has 3 rings (SSSR count). The average Bonchev–Trinajstić information content (AvgIpc) is 2.67. The van der Waals surface area contributed by atoms with Gasteiger partial charge in [0.25, 0.3) is 5.91 Å². The van der Waals surface area contributed by atoms with Gasteiger partial charge in [0, 0.05) is 25.2 Å². The fourth-order valence-electron chi connectivity index (χ4n) is 2.90. The zero-order valence-corrected chi connectivity index (χ0v) is 13.7. The van der Waals surface area contributed by atoms with Crippen LogP contribution in [-0.4, -0.2) is 35.5 Å². The van der Waals surface area contributed by atoms with Crippen LogP contribution in [0.4, 0.5) is 4.39 Å². The van der Waals surface area contributed by atoms with Gasteiger partial charge in [-0.3, -0.25) is 4.79 Å². The lowest BCUT2D eigenvalue weighted by molar-refractivity contribution is 0.0633. The smallest absolute Gasteiger partial charge is 0.255 e. The summed E-state index contributed by atoms with van der Waals surface area (Å²) in [5.41, 5.74) is 0.778. The van der Waals surface area contributed by atoms with Crippen LogP contribution in [0.2, 0.25) is 0 Å². The van der Waals surface area contributed by atoms with Crippen molar-refractivity contribution >= 4 is 5.91 Å². The number of nitriles is 1. The molecule has 6 heteroatoms. The highest BCUT2D eigenvalue weighted by Gasteiger charge is 2.25. The third-order valence-electron chi connectivity index (χ3n) is 4.23. The van der Waals surface area contributed by atoms with Gasteiger partial charge in [-0.1, -0.05) is 0 Å². The Balaban J connectivity index is 1.57. The lowest BCUT2D eigenvalue weighted by Gasteiger charge is -2.32. The van der Waals surface area contributed by atoms with E-state index in [1.165, 1.54) is 18.3 Å². The van der Waals surface area contributed by atoms with E-state index < -0.39 is 0 Å². The molecule has 2 aromatic rings. The Kier molecular flexibility index (Phi) is 5.24. The molecule has 5 nitrogen and oxygen atoms in total. The number of rotatable bonds is 4. The van der Waals surface area contributed by atoms with E-state index in [9.17, 15) is 9.18 Å². The summed E-state index contributed by atoms with van der Waals surface area (Å²) < 4.78 is 18.6. The van der Waals surface area contributed by atoms with Crippen molar-refractivity contribution in [2.45, 2.75) is 12.8 Å². The van der Waals surface area contributed by atoms with Crippen LogP contribution in [0.25, 0.3) is 0 Å². The highest BCUT2D eigenvalue weighted by atomic mass is 19.1. The monoisotopic (exact) mass is 339 g/mol. The summed E-state index contributed by atoms with van der Waals surface area (Å²) in [7, 11) is 0. The second-order valence-corrected chi connectivity index (χ2v) is 6.07. The summed E-state index contributed by atoms with van der Waals surface area (Å²) in [6.07, 6.45) is 3.34. The molecule has 0 bridgehead atoms. The molecule has 0 spiro atoms. The van der Waals surface area contributed by atoms with Crippen LogP contribution in [0.1, 0.15) is 28.9 Å². The summed E-state index contributed by atoms with van der Waals surface area (Å²) in [5.74, 6) is 0.483. The lowest BCUT2D eigenvalue weighted by atomic mass is 9.98. The number of pyridine rings is 1. The summed E-state index contributed by atoms with van der Waals surface area (Å²) in [6, 6.07) is 11.1. The van der Waals surface area contributed by atoms with E-state index in [1.54, 1.807) is 29.2 Å². The average molecular weight is 339 g/mol. The Bertz CT molecular complexity index is 769. The first-order valence-corrected chi connectivity index (χ1v) is 8.19. The normalized spacial score (nSPS) is 17.0. The van der Waals surface area contributed by atoms with Gasteiger partial charge in [-0.05, 0) is 49.2 Å². The largest absolute Gasteiger partial charge is 0.493 e. The quantitative estimate of drug-likeness (QED) is 0.859. The van der Waals surface area contributed by atoms with Gasteiger partial charge in [0.1, 0.15) is 23.3 Å². The second-order valence-electron chi connectivity index (χ2n) is 6.07. The number of halogens is 1. The molecule has 1 aromatic heterocycles. The maximum Gasteiger partial charge on any atom is 0.255 e. The molecule has 25 heavy (non-hydrogen) atoms. The van der Waals surface area contributed by atoms with Crippen molar-refractivity contribution in [2.24, 2.45) is 5.92 Å². The van der Waals surface area contributed by atoms with E-state index in [0.29, 0.717) is 36.7 Å². The Morgan fingerprint density at radius 1 is 1.32 bits per heavy atom. The summed E-state index contributed by atoms with van der Waals surface area (Å²) in [4.78, 5) is 18.3. The standard InChI is InChI=1S/C19H18FN3O2/c20-16-4-7-18(8-5-16)25-13-14-2-1-9-23(12-14)19(24)15-3-6-17(10-21)22-11-15/h3-8,11,14H,1-2,9,12-13H2/t14-/m0/s1. The van der Waals surface area contributed by atoms with Gasteiger partial charge < -0.3 is 9.64 Å². The Morgan fingerprint density at radius 2 is 2.12 bits per heavy atom. The summed E-state index contributed by atoms with van der Waals surface area (Å²) >= 11 is 0. The number of carbonyl (C=O) groups is 1. The molecule has 0 aliphatic carbocycles. The van der Waals surface area contributed by atoms with Gasteiger partial charge in [0.15, 0.2) is 0 Å². The maximum absolute atomic E-state index is 12.9. The molecule has 1 saturated heterocycles. The van der Waals surface area contributed by atoms with Gasteiger partial charge in [-0.15, -0.1) is 0 Å². The fourth-order valence-corrected chi connectivity index (χ4v) is 2.90. The van der Waals surface area contributed by atoms with Crippen LogP contribution in [-0.2, 0) is 0 Å². The first kappa shape index (κ1) is 16.9. The number of benzene rings is 1. The van der Waals surface area contributed by atoms with Gasteiger partial charge in [-0.2, -0.15) is 5.26 Å². The van der Waals surface area contributed by atoms with Crippen molar-refractivity contribution in [3.05, 3.63) is 59.7 Å². The van der Waals surface area contributed by atoms with E-state index >= 15 is 0 Å². The number of aromatic nitrogens is 1. The van der Waals surface area contributed by atoms with E-state index in [-0.39, 0.29) is 17.6 Å². The zero-order chi connectivity index (χ0) is 17.6. The molecule has 1 amide bonds. The van der Waals surface area contributed by atoms with E-state index in [4.69, 9.17) is 10.00 Å². The number of nitrogens with zero attached hydrogens (tertiary/aromatic N) is 3. The van der Waals surface area contributed by atoms with Crippen LogP contribution in [0, 0.1) is 23.1 Å². The Morgan fingerprint density at radius 3 is 2.80 bits per heavy atom. The molecule has 1 fully saturated rings. The molecule has 0 unspecified atom stereocenters. The van der Waals surface area contributed by atoms with Crippen molar-refractivity contribution in [3.8, 4) is 11.8 Å². The minimum atomic E-state index is -0.294. The molecule has 2 heterocycles. The van der Waals surface area contributed by atoms with Crippen molar-refractivity contribution < 1.29 is 13.9 Å². The number of ether oxygens (including phenoxy) is 1. The summed E-state index contributed by atoms with van der Waals surface area (Å²) in [5, 5.41) is 8.78. The van der Waals surface area contributed by atoms with Crippen molar-refractivity contribution in [1.82, 2.24) is 9.88 Å². The van der Waals surface area contributed by atoms with E-state index in [1.807, 2.05) is 6.07 Å².